The summed E-state index contributed by atoms with van der Waals surface area (Å²) in [6.07, 6.45) is -0.318. The van der Waals surface area contributed by atoms with Crippen LogP contribution in [-0.2, 0) is 30.6 Å². The lowest BCUT2D eigenvalue weighted by atomic mass is 9.88. The van der Waals surface area contributed by atoms with Crippen molar-refractivity contribution >= 4 is 17.5 Å². The number of carbonyl (C=O) groups excluding carboxylic acids is 1. The molecule has 0 unspecified atom stereocenters. The average Bonchev–Trinajstić information content (AvgIpc) is 3.16. The Labute approximate surface area is 194 Å². The zero-order valence-electron chi connectivity index (χ0n) is 17.4. The Hall–Kier alpha value is -3.25. The Morgan fingerprint density at radius 1 is 1.09 bits per heavy atom. The van der Waals surface area contributed by atoms with Gasteiger partial charge in [0, 0.05) is 36.6 Å². The van der Waals surface area contributed by atoms with Gasteiger partial charge in [-0.25, -0.2) is 14.4 Å². The van der Waals surface area contributed by atoms with Gasteiger partial charge in [-0.05, 0) is 35.6 Å². The van der Waals surface area contributed by atoms with Gasteiger partial charge in [-0.15, -0.1) is 0 Å². The molecule has 1 amide bonds. The number of aromatic amines is 1. The maximum Gasteiger partial charge on any atom is 0.411 e. The number of aryl methyl sites for hydroxylation is 1. The molecule has 1 aliphatic heterocycles. The fourth-order valence-electron chi connectivity index (χ4n) is 4.13. The van der Waals surface area contributed by atoms with Crippen LogP contribution in [0.1, 0.15) is 32.7 Å². The third-order valence-electron chi connectivity index (χ3n) is 5.54. The van der Waals surface area contributed by atoms with Crippen LogP contribution in [0.2, 0.25) is 5.28 Å². The molecule has 178 valence electrons. The standard InChI is InChI=1S/C21H16ClF4N5O3/c22-20-29-6-10(7-33-8-21(24,25)26)18(31-20)34-19-15(23)13-9(5-28-19)1-2-11-14-12(30-16(11)13)3-4-27-17(14)32/h5-6,30H,1-4,7-8H2,(H,27,32). The highest BCUT2D eigenvalue weighted by molar-refractivity contribution is 6.28. The number of aromatic nitrogens is 4. The molecule has 0 spiro atoms. The minimum Gasteiger partial charge on any atom is -0.417 e. The molecule has 34 heavy (non-hydrogen) atoms. The summed E-state index contributed by atoms with van der Waals surface area (Å²) in [5.74, 6) is -1.73. The first-order valence-electron chi connectivity index (χ1n) is 10.2. The highest BCUT2D eigenvalue weighted by Crippen LogP contribution is 2.41. The molecule has 0 saturated carbocycles. The third kappa shape index (κ3) is 4.18. The molecule has 8 nitrogen and oxygen atoms in total. The second kappa shape index (κ2) is 8.51. The van der Waals surface area contributed by atoms with E-state index in [1.807, 2.05) is 0 Å². The first kappa shape index (κ1) is 22.5. The van der Waals surface area contributed by atoms with E-state index >= 15 is 4.39 Å². The van der Waals surface area contributed by atoms with Crippen molar-refractivity contribution in [2.75, 3.05) is 13.2 Å². The molecule has 0 radical (unpaired) electrons. The number of alkyl halides is 3. The number of amides is 1. The van der Waals surface area contributed by atoms with Crippen LogP contribution in [0, 0.1) is 5.82 Å². The number of hydrogen-bond acceptors (Lipinski definition) is 6. The third-order valence-corrected chi connectivity index (χ3v) is 5.72. The maximum absolute atomic E-state index is 15.7. The lowest BCUT2D eigenvalue weighted by molar-refractivity contribution is -0.176. The van der Waals surface area contributed by atoms with Gasteiger partial charge in [0.25, 0.3) is 11.8 Å². The summed E-state index contributed by atoms with van der Waals surface area (Å²) < 4.78 is 63.1. The van der Waals surface area contributed by atoms with E-state index in [9.17, 15) is 18.0 Å². The zero-order valence-corrected chi connectivity index (χ0v) is 18.1. The normalized spacial score (nSPS) is 14.8. The molecule has 3 aromatic rings. The van der Waals surface area contributed by atoms with Gasteiger partial charge in [0.2, 0.25) is 11.2 Å². The van der Waals surface area contributed by atoms with Crippen LogP contribution < -0.4 is 10.1 Å². The van der Waals surface area contributed by atoms with Crippen LogP contribution in [0.3, 0.4) is 0 Å². The van der Waals surface area contributed by atoms with Crippen molar-refractivity contribution in [2.45, 2.75) is 32.0 Å². The van der Waals surface area contributed by atoms with Gasteiger partial charge in [-0.2, -0.15) is 18.2 Å². The van der Waals surface area contributed by atoms with Crippen molar-refractivity contribution in [1.29, 1.82) is 0 Å². The van der Waals surface area contributed by atoms with Gasteiger partial charge in [0.05, 0.1) is 23.4 Å². The second-order valence-electron chi connectivity index (χ2n) is 7.80. The first-order valence-corrected chi connectivity index (χ1v) is 10.6. The molecular weight excluding hydrogens is 482 g/mol. The number of carbonyl (C=O) groups is 1. The van der Waals surface area contributed by atoms with Crippen molar-refractivity contribution in [3.05, 3.63) is 51.4 Å². The molecule has 1 aliphatic carbocycles. The lowest BCUT2D eigenvalue weighted by Crippen LogP contribution is -2.32. The average molecular weight is 498 g/mol. The number of nitrogens with one attached hydrogen (secondary N) is 2. The van der Waals surface area contributed by atoms with E-state index in [2.05, 4.69) is 30.0 Å². The largest absolute Gasteiger partial charge is 0.417 e. The zero-order chi connectivity index (χ0) is 24.0. The monoisotopic (exact) mass is 497 g/mol. The van der Waals surface area contributed by atoms with E-state index in [1.54, 1.807) is 0 Å². The quantitative estimate of drug-likeness (QED) is 0.409. The predicted octanol–water partition coefficient (Wildman–Crippen LogP) is 3.91. The van der Waals surface area contributed by atoms with Crippen molar-refractivity contribution in [3.63, 3.8) is 0 Å². The van der Waals surface area contributed by atoms with Crippen molar-refractivity contribution < 1.29 is 31.8 Å². The Morgan fingerprint density at radius 3 is 2.71 bits per heavy atom. The SMILES string of the molecule is O=C1NCCc2[nH]c3c(c21)CCc1cnc(Oc2nc(Cl)ncc2COCC(F)(F)F)c(F)c1-3. The molecular formula is C21H16ClF4N5O3. The molecule has 0 atom stereocenters. The molecule has 0 bridgehead atoms. The van der Waals surface area contributed by atoms with E-state index in [4.69, 9.17) is 16.3 Å². The second-order valence-corrected chi connectivity index (χ2v) is 8.13. The van der Waals surface area contributed by atoms with Crippen LogP contribution in [0.5, 0.6) is 11.8 Å². The highest BCUT2D eigenvalue weighted by atomic mass is 35.5. The van der Waals surface area contributed by atoms with E-state index in [1.165, 1.54) is 6.20 Å². The predicted molar refractivity (Wildman–Crippen MR) is 110 cm³/mol. The van der Waals surface area contributed by atoms with Crippen molar-refractivity contribution in [2.24, 2.45) is 0 Å². The smallest absolute Gasteiger partial charge is 0.411 e. The molecule has 0 saturated heterocycles. The van der Waals surface area contributed by atoms with Crippen LogP contribution in [0.15, 0.2) is 12.4 Å². The Balaban J connectivity index is 1.49. The highest BCUT2D eigenvalue weighted by Gasteiger charge is 2.33. The number of pyridine rings is 1. The van der Waals surface area contributed by atoms with Crippen molar-refractivity contribution in [3.8, 4) is 23.0 Å². The van der Waals surface area contributed by atoms with Crippen LogP contribution >= 0.6 is 11.6 Å². The number of halogens is 5. The fourth-order valence-corrected chi connectivity index (χ4v) is 4.26. The molecule has 0 fully saturated rings. The van der Waals surface area contributed by atoms with Gasteiger partial charge in [-0.3, -0.25) is 4.79 Å². The summed E-state index contributed by atoms with van der Waals surface area (Å²) in [5, 5.41) is 2.54. The van der Waals surface area contributed by atoms with E-state index < -0.39 is 31.1 Å². The van der Waals surface area contributed by atoms with E-state index in [0.717, 1.165) is 17.5 Å². The number of fused-ring (bicyclic) bond motifs is 5. The number of ether oxygens (including phenoxy) is 2. The molecule has 2 aliphatic rings. The Kier molecular flexibility index (Phi) is 5.64. The van der Waals surface area contributed by atoms with Crippen molar-refractivity contribution in [1.82, 2.24) is 25.3 Å². The number of hydrogen-bond donors (Lipinski definition) is 2. The Morgan fingerprint density at radius 2 is 1.91 bits per heavy atom. The number of H-pyrrole nitrogens is 1. The molecule has 13 heteroatoms. The molecule has 4 heterocycles. The minimum atomic E-state index is -4.52. The van der Waals surface area contributed by atoms with E-state index in [0.29, 0.717) is 42.6 Å². The molecule has 0 aromatic carbocycles. The fraction of sp³-hybridized carbons (Fsp3) is 0.333. The van der Waals surface area contributed by atoms with Gasteiger partial charge in [0.1, 0.15) is 6.61 Å². The van der Waals surface area contributed by atoms with Gasteiger partial charge in [0.15, 0.2) is 5.82 Å². The van der Waals surface area contributed by atoms with Crippen LogP contribution in [0.4, 0.5) is 17.6 Å². The lowest BCUT2D eigenvalue weighted by Gasteiger charge is -2.19. The molecule has 3 aromatic heterocycles. The maximum atomic E-state index is 15.7. The first-order chi connectivity index (χ1) is 16.2. The van der Waals surface area contributed by atoms with E-state index in [-0.39, 0.29) is 28.2 Å². The topological polar surface area (TPSA) is 102 Å². The summed E-state index contributed by atoms with van der Waals surface area (Å²) in [5.41, 5.74) is 3.38. The van der Waals surface area contributed by atoms with Gasteiger partial charge >= 0.3 is 6.18 Å². The summed E-state index contributed by atoms with van der Waals surface area (Å²) in [6, 6.07) is 0. The van der Waals surface area contributed by atoms with Gasteiger partial charge < -0.3 is 19.8 Å². The van der Waals surface area contributed by atoms with Gasteiger partial charge in [-0.1, -0.05) is 0 Å². The molecule has 2 N–H and O–H groups in total. The summed E-state index contributed by atoms with van der Waals surface area (Å²) >= 11 is 5.80. The minimum absolute atomic E-state index is 0.0280. The Bertz CT molecular complexity index is 1290. The molecule has 5 rings (SSSR count). The summed E-state index contributed by atoms with van der Waals surface area (Å²) in [7, 11) is 0. The number of nitrogens with zero attached hydrogens (tertiary/aromatic N) is 3. The van der Waals surface area contributed by atoms with Crippen LogP contribution in [0.25, 0.3) is 11.3 Å². The number of rotatable bonds is 5. The van der Waals surface area contributed by atoms with Crippen LogP contribution in [-0.4, -0.2) is 45.2 Å². The summed E-state index contributed by atoms with van der Waals surface area (Å²) in [6.45, 7) is -1.55. The summed E-state index contributed by atoms with van der Waals surface area (Å²) in [4.78, 5) is 27.1.